The Morgan fingerprint density at radius 2 is 1.97 bits per heavy atom. The number of carbonyl (C=O) groups is 1. The number of hydrogen-bond acceptors (Lipinski definition) is 4. The lowest BCUT2D eigenvalue weighted by Crippen LogP contribution is -2.38. The Morgan fingerprint density at radius 1 is 1.13 bits per heavy atom. The van der Waals surface area contributed by atoms with Gasteiger partial charge in [-0.25, -0.2) is 4.79 Å². The van der Waals surface area contributed by atoms with Crippen LogP contribution in [0.1, 0.15) is 55.9 Å². The number of nitrogens with one attached hydrogen (secondary N) is 2. The number of rotatable bonds is 6. The van der Waals surface area contributed by atoms with Crippen molar-refractivity contribution in [2.24, 2.45) is 0 Å². The van der Waals surface area contributed by atoms with E-state index in [1.807, 2.05) is 30.3 Å². The van der Waals surface area contributed by atoms with E-state index in [-0.39, 0.29) is 12.1 Å². The van der Waals surface area contributed by atoms with Crippen molar-refractivity contribution in [1.82, 2.24) is 25.4 Å². The van der Waals surface area contributed by atoms with Crippen molar-refractivity contribution in [3.05, 3.63) is 53.6 Å². The number of aryl methyl sites for hydroxylation is 1. The molecular formula is C23H29N5O2. The van der Waals surface area contributed by atoms with Crippen molar-refractivity contribution < 1.29 is 9.53 Å². The van der Waals surface area contributed by atoms with Gasteiger partial charge >= 0.3 is 6.03 Å². The van der Waals surface area contributed by atoms with Crippen molar-refractivity contribution in [2.75, 3.05) is 7.11 Å². The molecule has 4 rings (SSSR count). The molecule has 1 atom stereocenters. The first-order chi connectivity index (χ1) is 14.7. The van der Waals surface area contributed by atoms with Crippen LogP contribution in [0.2, 0.25) is 0 Å². The number of urea groups is 1. The minimum absolute atomic E-state index is 0.145. The molecule has 0 aliphatic carbocycles. The molecule has 2 aromatic carbocycles. The van der Waals surface area contributed by atoms with Gasteiger partial charge in [0.1, 0.15) is 11.6 Å². The third-order valence-electron chi connectivity index (χ3n) is 5.73. The highest BCUT2D eigenvalue weighted by molar-refractivity contribution is 5.84. The molecule has 0 saturated carbocycles. The number of nitrogens with zero attached hydrogens (tertiary/aromatic N) is 3. The molecule has 0 unspecified atom stereocenters. The fourth-order valence-electron chi connectivity index (χ4n) is 4.02. The summed E-state index contributed by atoms with van der Waals surface area (Å²) in [6.45, 7) is 3.45. The van der Waals surface area contributed by atoms with Crippen LogP contribution >= 0.6 is 0 Å². The molecule has 2 amide bonds. The average molecular weight is 408 g/mol. The van der Waals surface area contributed by atoms with Crippen LogP contribution in [0.5, 0.6) is 5.75 Å². The highest BCUT2D eigenvalue weighted by atomic mass is 16.5. The largest absolute Gasteiger partial charge is 0.497 e. The van der Waals surface area contributed by atoms with Crippen LogP contribution in [-0.2, 0) is 19.5 Å². The van der Waals surface area contributed by atoms with E-state index in [1.54, 1.807) is 7.11 Å². The first kappa shape index (κ1) is 20.2. The third kappa shape index (κ3) is 4.40. The van der Waals surface area contributed by atoms with Crippen molar-refractivity contribution >= 4 is 16.8 Å². The van der Waals surface area contributed by atoms with E-state index in [9.17, 15) is 4.79 Å². The molecule has 0 radical (unpaired) electrons. The number of methoxy groups -OCH3 is 1. The molecular weight excluding hydrogens is 378 g/mol. The molecule has 1 aliphatic rings. The van der Waals surface area contributed by atoms with Gasteiger partial charge in [-0.05, 0) is 53.8 Å². The van der Waals surface area contributed by atoms with Crippen LogP contribution in [0.15, 0.2) is 36.4 Å². The zero-order valence-corrected chi connectivity index (χ0v) is 17.6. The molecule has 2 heterocycles. The van der Waals surface area contributed by atoms with Gasteiger partial charge in [0.25, 0.3) is 0 Å². The summed E-state index contributed by atoms with van der Waals surface area (Å²) in [5.74, 6) is 2.74. The van der Waals surface area contributed by atoms with Crippen LogP contribution in [0, 0.1) is 0 Å². The summed E-state index contributed by atoms with van der Waals surface area (Å²) in [6.07, 6.45) is 5.23. The highest BCUT2D eigenvalue weighted by Crippen LogP contribution is 2.22. The lowest BCUT2D eigenvalue weighted by molar-refractivity contribution is 0.235. The van der Waals surface area contributed by atoms with E-state index >= 15 is 0 Å². The lowest BCUT2D eigenvalue weighted by Gasteiger charge is -2.18. The minimum Gasteiger partial charge on any atom is -0.497 e. The molecule has 158 valence electrons. The third-order valence-corrected chi connectivity index (χ3v) is 5.73. The number of amides is 2. The van der Waals surface area contributed by atoms with Crippen LogP contribution < -0.4 is 15.4 Å². The summed E-state index contributed by atoms with van der Waals surface area (Å²) >= 11 is 0. The van der Waals surface area contributed by atoms with Gasteiger partial charge < -0.3 is 19.9 Å². The van der Waals surface area contributed by atoms with Crippen LogP contribution in [0.3, 0.4) is 0 Å². The van der Waals surface area contributed by atoms with Gasteiger partial charge in [0.05, 0.1) is 13.2 Å². The smallest absolute Gasteiger partial charge is 0.315 e. The molecule has 1 aromatic heterocycles. The second kappa shape index (κ2) is 9.15. The van der Waals surface area contributed by atoms with E-state index in [0.717, 1.165) is 66.0 Å². The Bertz CT molecular complexity index is 1030. The molecule has 1 aliphatic heterocycles. The van der Waals surface area contributed by atoms with Gasteiger partial charge in [-0.3, -0.25) is 0 Å². The van der Waals surface area contributed by atoms with Crippen molar-refractivity contribution in [2.45, 2.75) is 58.2 Å². The second-order valence-electron chi connectivity index (χ2n) is 7.77. The SMILES string of the molecule is CC[C@H](NC(=O)NCc1ccc2cc(OC)ccc2c1)c1nnc2n1CCCCC2. The van der Waals surface area contributed by atoms with E-state index < -0.39 is 0 Å². The fraction of sp³-hybridized carbons (Fsp3) is 0.435. The summed E-state index contributed by atoms with van der Waals surface area (Å²) in [7, 11) is 1.67. The molecule has 0 fully saturated rings. The lowest BCUT2D eigenvalue weighted by atomic mass is 10.1. The average Bonchev–Trinajstić information content (AvgIpc) is 3.03. The maximum absolute atomic E-state index is 12.6. The van der Waals surface area contributed by atoms with E-state index in [0.29, 0.717) is 6.54 Å². The summed E-state index contributed by atoms with van der Waals surface area (Å²) in [5, 5.41) is 17.0. The van der Waals surface area contributed by atoms with Gasteiger partial charge in [0.15, 0.2) is 5.82 Å². The molecule has 0 bridgehead atoms. The zero-order chi connectivity index (χ0) is 20.9. The molecule has 0 spiro atoms. The van der Waals surface area contributed by atoms with Gasteiger partial charge in [-0.1, -0.05) is 31.5 Å². The zero-order valence-electron chi connectivity index (χ0n) is 17.6. The van der Waals surface area contributed by atoms with Gasteiger partial charge in [0, 0.05) is 19.5 Å². The Balaban J connectivity index is 1.39. The van der Waals surface area contributed by atoms with Gasteiger partial charge in [0.2, 0.25) is 0 Å². The number of aromatic nitrogens is 3. The van der Waals surface area contributed by atoms with Crippen molar-refractivity contribution in [3.8, 4) is 5.75 Å². The topological polar surface area (TPSA) is 81.1 Å². The standard InChI is InChI=1S/C23H29N5O2/c1-3-20(22-27-26-21-7-5-4-6-12-28(21)22)25-23(29)24-15-16-8-9-18-14-19(30-2)11-10-17(18)13-16/h8-11,13-14,20H,3-7,12,15H2,1-2H3,(H2,24,25,29)/t20-/m0/s1. The minimum atomic E-state index is -0.192. The first-order valence-electron chi connectivity index (χ1n) is 10.7. The van der Waals surface area contributed by atoms with Crippen LogP contribution in [-0.4, -0.2) is 27.9 Å². The maximum atomic E-state index is 12.6. The molecule has 0 saturated heterocycles. The van der Waals surface area contributed by atoms with Gasteiger partial charge in [-0.2, -0.15) is 0 Å². The number of ether oxygens (including phenoxy) is 1. The highest BCUT2D eigenvalue weighted by Gasteiger charge is 2.22. The van der Waals surface area contributed by atoms with E-state index in [2.05, 4.69) is 38.4 Å². The Kier molecular flexibility index (Phi) is 6.16. The Morgan fingerprint density at radius 3 is 2.80 bits per heavy atom. The summed E-state index contributed by atoms with van der Waals surface area (Å²) in [6, 6.07) is 11.8. The van der Waals surface area contributed by atoms with Crippen LogP contribution in [0.4, 0.5) is 4.79 Å². The molecule has 2 N–H and O–H groups in total. The normalized spacial score (nSPS) is 14.6. The molecule has 3 aromatic rings. The van der Waals surface area contributed by atoms with E-state index in [4.69, 9.17) is 4.74 Å². The van der Waals surface area contributed by atoms with Crippen molar-refractivity contribution in [1.29, 1.82) is 0 Å². The predicted octanol–water partition coefficient (Wildman–Crippen LogP) is 4.12. The molecule has 30 heavy (non-hydrogen) atoms. The first-order valence-corrected chi connectivity index (χ1v) is 10.7. The predicted molar refractivity (Wildman–Crippen MR) is 116 cm³/mol. The number of fused-ring (bicyclic) bond motifs is 2. The second-order valence-corrected chi connectivity index (χ2v) is 7.77. The van der Waals surface area contributed by atoms with E-state index in [1.165, 1.54) is 6.42 Å². The maximum Gasteiger partial charge on any atom is 0.315 e. The number of hydrogen-bond donors (Lipinski definition) is 2. The monoisotopic (exact) mass is 407 g/mol. The number of carbonyl (C=O) groups excluding carboxylic acids is 1. The summed E-state index contributed by atoms with van der Waals surface area (Å²) < 4.78 is 7.47. The summed E-state index contributed by atoms with van der Waals surface area (Å²) in [5.41, 5.74) is 1.05. The molecule has 7 heteroatoms. The van der Waals surface area contributed by atoms with Gasteiger partial charge in [-0.15, -0.1) is 10.2 Å². The quantitative estimate of drug-likeness (QED) is 0.644. The summed E-state index contributed by atoms with van der Waals surface area (Å²) in [4.78, 5) is 12.6. The fourth-order valence-corrected chi connectivity index (χ4v) is 4.02. The van der Waals surface area contributed by atoms with Crippen molar-refractivity contribution in [3.63, 3.8) is 0 Å². The Labute approximate surface area is 176 Å². The number of benzene rings is 2. The van der Waals surface area contributed by atoms with Crippen LogP contribution in [0.25, 0.3) is 10.8 Å². The molecule has 7 nitrogen and oxygen atoms in total. The Hall–Kier alpha value is -3.09.